The highest BCUT2D eigenvalue weighted by Gasteiger charge is 2.22. The Hall–Kier alpha value is -1.56. The maximum atomic E-state index is 12.5. The molecule has 0 aliphatic carbocycles. The Morgan fingerprint density at radius 3 is 2.52 bits per heavy atom. The molecule has 4 nitrogen and oxygen atoms in total. The van der Waals surface area contributed by atoms with E-state index in [0.717, 1.165) is 6.42 Å². The van der Waals surface area contributed by atoms with Crippen LogP contribution in [0.2, 0.25) is 5.02 Å². The van der Waals surface area contributed by atoms with E-state index < -0.39 is 10.0 Å². The molecule has 0 amide bonds. The van der Waals surface area contributed by atoms with E-state index in [1.54, 1.807) is 12.1 Å². The van der Waals surface area contributed by atoms with Crippen LogP contribution in [0.4, 0.5) is 0 Å². The summed E-state index contributed by atoms with van der Waals surface area (Å²) in [6, 6.07) is 14.3. The SMILES string of the molecule is COc1ccc(Cl)cc1S(=O)(=O)NC(C)CCc1ccccc1. The summed E-state index contributed by atoms with van der Waals surface area (Å²) < 4.78 is 32.9. The van der Waals surface area contributed by atoms with Crippen molar-refractivity contribution in [1.29, 1.82) is 0 Å². The number of hydrogen-bond acceptors (Lipinski definition) is 3. The molecule has 0 spiro atoms. The molecule has 0 radical (unpaired) electrons. The van der Waals surface area contributed by atoms with Crippen molar-refractivity contribution in [3.8, 4) is 5.75 Å². The van der Waals surface area contributed by atoms with Crippen molar-refractivity contribution in [3.63, 3.8) is 0 Å². The second kappa shape index (κ2) is 7.81. The van der Waals surface area contributed by atoms with Gasteiger partial charge in [0, 0.05) is 11.1 Å². The van der Waals surface area contributed by atoms with E-state index in [-0.39, 0.29) is 16.7 Å². The lowest BCUT2D eigenvalue weighted by atomic mass is 10.1. The summed E-state index contributed by atoms with van der Waals surface area (Å²) in [4.78, 5) is 0.0547. The lowest BCUT2D eigenvalue weighted by molar-refractivity contribution is 0.402. The first-order chi connectivity index (χ1) is 10.9. The van der Waals surface area contributed by atoms with Gasteiger partial charge in [0.25, 0.3) is 0 Å². The smallest absolute Gasteiger partial charge is 0.244 e. The largest absolute Gasteiger partial charge is 0.495 e. The van der Waals surface area contributed by atoms with Crippen LogP contribution in [0, 0.1) is 0 Å². The summed E-state index contributed by atoms with van der Waals surface area (Å²) in [7, 11) is -2.26. The van der Waals surface area contributed by atoms with Crippen LogP contribution in [-0.2, 0) is 16.4 Å². The van der Waals surface area contributed by atoms with E-state index >= 15 is 0 Å². The molecule has 6 heteroatoms. The Bertz CT molecular complexity index is 748. The molecule has 2 aromatic rings. The highest BCUT2D eigenvalue weighted by molar-refractivity contribution is 7.89. The molecule has 0 aromatic heterocycles. The Labute approximate surface area is 142 Å². The third-order valence-electron chi connectivity index (χ3n) is 3.48. The van der Waals surface area contributed by atoms with Crippen molar-refractivity contribution in [2.45, 2.75) is 30.7 Å². The van der Waals surface area contributed by atoms with E-state index in [1.165, 1.54) is 18.7 Å². The van der Waals surface area contributed by atoms with E-state index in [9.17, 15) is 8.42 Å². The zero-order chi connectivity index (χ0) is 16.9. The van der Waals surface area contributed by atoms with Crippen molar-refractivity contribution in [2.75, 3.05) is 7.11 Å². The van der Waals surface area contributed by atoms with E-state index in [2.05, 4.69) is 4.72 Å². The molecule has 0 saturated carbocycles. The lowest BCUT2D eigenvalue weighted by Gasteiger charge is -2.16. The van der Waals surface area contributed by atoms with Gasteiger partial charge in [-0.15, -0.1) is 0 Å². The maximum absolute atomic E-state index is 12.5. The summed E-state index contributed by atoms with van der Waals surface area (Å²) in [6.07, 6.45) is 1.50. The van der Waals surface area contributed by atoms with Crippen LogP contribution in [0.15, 0.2) is 53.4 Å². The summed E-state index contributed by atoms with van der Waals surface area (Å²) in [5.41, 5.74) is 1.18. The molecule has 0 fully saturated rings. The first kappa shape index (κ1) is 17.8. The molecule has 0 aliphatic heterocycles. The van der Waals surface area contributed by atoms with Crippen molar-refractivity contribution in [2.24, 2.45) is 0 Å². The van der Waals surface area contributed by atoms with Crippen molar-refractivity contribution in [3.05, 3.63) is 59.1 Å². The predicted molar refractivity (Wildman–Crippen MR) is 92.6 cm³/mol. The number of nitrogens with one attached hydrogen (secondary N) is 1. The molecule has 2 aromatic carbocycles. The molecule has 1 unspecified atom stereocenters. The number of rotatable bonds is 7. The number of aryl methyl sites for hydroxylation is 1. The van der Waals surface area contributed by atoms with Crippen molar-refractivity contribution < 1.29 is 13.2 Å². The van der Waals surface area contributed by atoms with E-state index in [0.29, 0.717) is 11.4 Å². The highest BCUT2D eigenvalue weighted by Crippen LogP contribution is 2.27. The topological polar surface area (TPSA) is 55.4 Å². The molecule has 0 aliphatic rings. The molecule has 1 atom stereocenters. The van der Waals surface area contributed by atoms with Crippen molar-refractivity contribution >= 4 is 21.6 Å². The number of halogens is 1. The molecule has 1 N–H and O–H groups in total. The average Bonchev–Trinajstić information content (AvgIpc) is 2.53. The standard InChI is InChI=1S/C17H20ClNO3S/c1-13(8-9-14-6-4-3-5-7-14)19-23(20,21)17-12-15(18)10-11-16(17)22-2/h3-7,10-13,19H,8-9H2,1-2H3. The fourth-order valence-corrected chi connectivity index (χ4v) is 3.99. The predicted octanol–water partition coefficient (Wildman–Crippen LogP) is 3.65. The lowest BCUT2D eigenvalue weighted by Crippen LogP contribution is -2.33. The molecule has 124 valence electrons. The maximum Gasteiger partial charge on any atom is 0.244 e. The van der Waals surface area contributed by atoms with Gasteiger partial charge in [-0.1, -0.05) is 41.9 Å². The van der Waals surface area contributed by atoms with Gasteiger partial charge in [-0.05, 0) is 43.5 Å². The minimum atomic E-state index is -3.69. The van der Waals surface area contributed by atoms with Gasteiger partial charge in [-0.2, -0.15) is 0 Å². The minimum absolute atomic E-state index is 0.0547. The normalized spacial score (nSPS) is 12.8. The van der Waals surface area contributed by atoms with E-state index in [1.807, 2.05) is 37.3 Å². The van der Waals surface area contributed by atoms with Gasteiger partial charge in [0.1, 0.15) is 10.6 Å². The minimum Gasteiger partial charge on any atom is -0.495 e. The van der Waals surface area contributed by atoms with Crippen molar-refractivity contribution in [1.82, 2.24) is 4.72 Å². The van der Waals surface area contributed by atoms with Crippen LogP contribution in [-0.4, -0.2) is 21.6 Å². The van der Waals surface area contributed by atoms with Crippen LogP contribution >= 0.6 is 11.6 Å². The fraction of sp³-hybridized carbons (Fsp3) is 0.294. The summed E-state index contributed by atoms with van der Waals surface area (Å²) in [5, 5.41) is 0.350. The fourth-order valence-electron chi connectivity index (χ4n) is 2.28. The zero-order valence-corrected chi connectivity index (χ0v) is 14.7. The molecular weight excluding hydrogens is 334 g/mol. The Kier molecular flexibility index (Phi) is 6.04. The summed E-state index contributed by atoms with van der Waals surface area (Å²) in [6.45, 7) is 1.84. The third-order valence-corrected chi connectivity index (χ3v) is 5.33. The van der Waals surface area contributed by atoms with Crippen LogP contribution in [0.3, 0.4) is 0 Å². The van der Waals surface area contributed by atoms with Gasteiger partial charge < -0.3 is 4.74 Å². The third kappa shape index (κ3) is 4.96. The highest BCUT2D eigenvalue weighted by atomic mass is 35.5. The Morgan fingerprint density at radius 2 is 1.87 bits per heavy atom. The van der Waals surface area contributed by atoms with Gasteiger partial charge in [0.05, 0.1) is 7.11 Å². The zero-order valence-electron chi connectivity index (χ0n) is 13.1. The van der Waals surface area contributed by atoms with Gasteiger partial charge in [0.2, 0.25) is 10.0 Å². The molecule has 2 rings (SSSR count). The first-order valence-corrected chi connectivity index (χ1v) is 9.18. The van der Waals surface area contributed by atoms with Gasteiger partial charge in [-0.25, -0.2) is 13.1 Å². The molecule has 0 heterocycles. The number of benzene rings is 2. The second-order valence-corrected chi connectivity index (χ2v) is 7.46. The van der Waals surface area contributed by atoms with Crippen LogP contribution in [0.1, 0.15) is 18.9 Å². The first-order valence-electron chi connectivity index (χ1n) is 7.32. The molecule has 0 saturated heterocycles. The second-order valence-electron chi connectivity index (χ2n) is 5.34. The average molecular weight is 354 g/mol. The van der Waals surface area contributed by atoms with Gasteiger partial charge in [0.15, 0.2) is 0 Å². The monoisotopic (exact) mass is 353 g/mol. The Balaban J connectivity index is 2.07. The number of methoxy groups -OCH3 is 1. The number of hydrogen-bond donors (Lipinski definition) is 1. The van der Waals surface area contributed by atoms with Crippen LogP contribution in [0.25, 0.3) is 0 Å². The number of ether oxygens (including phenoxy) is 1. The van der Waals surface area contributed by atoms with E-state index in [4.69, 9.17) is 16.3 Å². The van der Waals surface area contributed by atoms with Gasteiger partial charge >= 0.3 is 0 Å². The summed E-state index contributed by atoms with van der Waals surface area (Å²) >= 11 is 5.91. The Morgan fingerprint density at radius 1 is 1.17 bits per heavy atom. The van der Waals surface area contributed by atoms with Crippen LogP contribution < -0.4 is 9.46 Å². The van der Waals surface area contributed by atoms with Gasteiger partial charge in [-0.3, -0.25) is 0 Å². The molecule has 0 bridgehead atoms. The molecular formula is C17H20ClNO3S. The summed E-state index contributed by atoms with van der Waals surface area (Å²) in [5.74, 6) is 0.275. The number of sulfonamides is 1. The van der Waals surface area contributed by atoms with Crippen LogP contribution in [0.5, 0.6) is 5.75 Å². The molecule has 23 heavy (non-hydrogen) atoms. The quantitative estimate of drug-likeness (QED) is 0.826.